The number of nitrogens with one attached hydrogen (secondary N) is 2. The van der Waals surface area contributed by atoms with Crippen LogP contribution in [0.5, 0.6) is 11.5 Å². The minimum atomic E-state index is 0.597. The average molecular weight is 354 g/mol. The molecule has 1 aromatic carbocycles. The SMILES string of the molecule is CCOc1c(Br)cc(CNc2c(C)n[nH]c2C)cc1OC. The lowest BCUT2D eigenvalue weighted by Gasteiger charge is -2.14. The number of rotatable bonds is 6. The number of aromatic amines is 1. The standard InChI is InChI=1S/C15H20BrN3O2/c1-5-21-15-12(16)6-11(7-13(15)20-4)8-17-14-9(2)18-19-10(14)3/h6-7,17H,5,8H2,1-4H3,(H,18,19). The van der Waals surface area contributed by atoms with Crippen molar-refractivity contribution in [3.05, 3.63) is 33.6 Å². The van der Waals surface area contributed by atoms with Gasteiger partial charge in [0, 0.05) is 6.54 Å². The molecule has 0 saturated heterocycles. The minimum absolute atomic E-state index is 0.597. The van der Waals surface area contributed by atoms with Gasteiger partial charge in [0.15, 0.2) is 11.5 Å². The van der Waals surface area contributed by atoms with Crippen molar-refractivity contribution in [3.63, 3.8) is 0 Å². The van der Waals surface area contributed by atoms with Crippen LogP contribution in [0, 0.1) is 13.8 Å². The summed E-state index contributed by atoms with van der Waals surface area (Å²) in [4.78, 5) is 0. The highest BCUT2D eigenvalue weighted by atomic mass is 79.9. The third kappa shape index (κ3) is 3.50. The fourth-order valence-corrected chi connectivity index (χ4v) is 2.77. The second-order valence-corrected chi connectivity index (χ2v) is 5.56. The quantitative estimate of drug-likeness (QED) is 0.828. The topological polar surface area (TPSA) is 59.2 Å². The maximum Gasteiger partial charge on any atom is 0.175 e. The number of nitrogens with zero attached hydrogens (tertiary/aromatic N) is 1. The van der Waals surface area contributed by atoms with E-state index >= 15 is 0 Å². The molecule has 2 rings (SSSR count). The number of aromatic nitrogens is 2. The normalized spacial score (nSPS) is 10.5. The van der Waals surface area contributed by atoms with Crippen LogP contribution in [0.1, 0.15) is 23.9 Å². The number of ether oxygens (including phenoxy) is 2. The van der Waals surface area contributed by atoms with Gasteiger partial charge in [-0.05, 0) is 54.4 Å². The molecule has 0 saturated carbocycles. The van der Waals surface area contributed by atoms with Crippen molar-refractivity contribution >= 4 is 21.6 Å². The van der Waals surface area contributed by atoms with Crippen molar-refractivity contribution in [2.75, 3.05) is 19.0 Å². The summed E-state index contributed by atoms with van der Waals surface area (Å²) in [6.45, 7) is 7.20. The molecule has 0 aliphatic rings. The lowest BCUT2D eigenvalue weighted by molar-refractivity contribution is 0.308. The van der Waals surface area contributed by atoms with E-state index in [0.29, 0.717) is 13.2 Å². The maximum absolute atomic E-state index is 5.59. The van der Waals surface area contributed by atoms with Crippen LogP contribution in [0.2, 0.25) is 0 Å². The molecule has 2 aromatic rings. The van der Waals surface area contributed by atoms with Crippen LogP contribution in [0.3, 0.4) is 0 Å². The summed E-state index contributed by atoms with van der Waals surface area (Å²) in [5.74, 6) is 1.46. The van der Waals surface area contributed by atoms with Crippen LogP contribution in [-0.2, 0) is 6.54 Å². The van der Waals surface area contributed by atoms with Gasteiger partial charge >= 0.3 is 0 Å². The Hall–Kier alpha value is -1.69. The molecule has 0 fully saturated rings. The number of aryl methyl sites for hydroxylation is 2. The third-order valence-corrected chi connectivity index (χ3v) is 3.76. The minimum Gasteiger partial charge on any atom is -0.493 e. The molecule has 0 bridgehead atoms. The highest BCUT2D eigenvalue weighted by Crippen LogP contribution is 2.36. The van der Waals surface area contributed by atoms with Gasteiger partial charge in [-0.2, -0.15) is 5.10 Å². The fraction of sp³-hybridized carbons (Fsp3) is 0.400. The van der Waals surface area contributed by atoms with Crippen molar-refractivity contribution in [1.82, 2.24) is 10.2 Å². The molecule has 6 heteroatoms. The van der Waals surface area contributed by atoms with Gasteiger partial charge in [0.25, 0.3) is 0 Å². The Kier molecular flexibility index (Phi) is 5.12. The largest absolute Gasteiger partial charge is 0.493 e. The number of halogens is 1. The van der Waals surface area contributed by atoms with Crippen LogP contribution in [-0.4, -0.2) is 23.9 Å². The number of hydrogen-bond acceptors (Lipinski definition) is 4. The van der Waals surface area contributed by atoms with E-state index in [-0.39, 0.29) is 0 Å². The molecule has 1 heterocycles. The first-order valence-corrected chi connectivity index (χ1v) is 7.60. The van der Waals surface area contributed by atoms with Gasteiger partial charge in [0.1, 0.15) is 0 Å². The van der Waals surface area contributed by atoms with E-state index in [0.717, 1.165) is 38.6 Å². The van der Waals surface area contributed by atoms with Crippen LogP contribution in [0.25, 0.3) is 0 Å². The van der Waals surface area contributed by atoms with Crippen molar-refractivity contribution in [2.24, 2.45) is 0 Å². The molecule has 1 aromatic heterocycles. The van der Waals surface area contributed by atoms with Gasteiger partial charge in [0.2, 0.25) is 0 Å². The van der Waals surface area contributed by atoms with E-state index in [1.54, 1.807) is 7.11 Å². The Morgan fingerprint density at radius 1 is 1.33 bits per heavy atom. The Labute approximate surface area is 133 Å². The summed E-state index contributed by atoms with van der Waals surface area (Å²) in [5.41, 5.74) is 4.13. The van der Waals surface area contributed by atoms with Gasteiger partial charge in [-0.1, -0.05) is 0 Å². The Morgan fingerprint density at radius 3 is 2.67 bits per heavy atom. The van der Waals surface area contributed by atoms with Crippen LogP contribution < -0.4 is 14.8 Å². The predicted molar refractivity (Wildman–Crippen MR) is 87.3 cm³/mol. The molecule has 0 unspecified atom stereocenters. The van der Waals surface area contributed by atoms with Gasteiger partial charge < -0.3 is 14.8 Å². The summed E-state index contributed by atoms with van der Waals surface area (Å²) >= 11 is 3.54. The van der Waals surface area contributed by atoms with E-state index in [2.05, 4.69) is 31.4 Å². The molecule has 5 nitrogen and oxygen atoms in total. The smallest absolute Gasteiger partial charge is 0.175 e. The molecule has 0 radical (unpaired) electrons. The fourth-order valence-electron chi connectivity index (χ4n) is 2.16. The summed E-state index contributed by atoms with van der Waals surface area (Å²) in [5, 5.41) is 10.5. The van der Waals surface area contributed by atoms with E-state index in [1.807, 2.05) is 32.9 Å². The summed E-state index contributed by atoms with van der Waals surface area (Å²) in [7, 11) is 1.64. The molecule has 0 atom stereocenters. The van der Waals surface area contributed by atoms with Crippen LogP contribution in [0.15, 0.2) is 16.6 Å². The van der Waals surface area contributed by atoms with Crippen molar-refractivity contribution in [2.45, 2.75) is 27.3 Å². The second kappa shape index (κ2) is 6.85. The Balaban J connectivity index is 2.19. The van der Waals surface area contributed by atoms with Gasteiger partial charge in [0.05, 0.1) is 35.3 Å². The first-order valence-electron chi connectivity index (χ1n) is 6.81. The molecule has 2 N–H and O–H groups in total. The van der Waals surface area contributed by atoms with Gasteiger partial charge in [-0.15, -0.1) is 0 Å². The van der Waals surface area contributed by atoms with Crippen molar-refractivity contribution in [3.8, 4) is 11.5 Å². The number of hydrogen-bond donors (Lipinski definition) is 2. The van der Waals surface area contributed by atoms with Gasteiger partial charge in [-0.25, -0.2) is 0 Å². The summed E-state index contributed by atoms with van der Waals surface area (Å²) in [6, 6.07) is 4.01. The zero-order valence-corrected chi connectivity index (χ0v) is 14.3. The summed E-state index contributed by atoms with van der Waals surface area (Å²) < 4.78 is 11.9. The molecule has 0 spiro atoms. The molecule has 21 heavy (non-hydrogen) atoms. The van der Waals surface area contributed by atoms with Gasteiger partial charge in [-0.3, -0.25) is 5.10 Å². The molecule has 0 amide bonds. The molecular formula is C15H20BrN3O2. The van der Waals surface area contributed by atoms with E-state index in [4.69, 9.17) is 9.47 Å². The van der Waals surface area contributed by atoms with Crippen LogP contribution >= 0.6 is 15.9 Å². The number of methoxy groups -OCH3 is 1. The molecule has 114 valence electrons. The zero-order chi connectivity index (χ0) is 15.4. The molecule has 0 aliphatic heterocycles. The number of anilines is 1. The Bertz CT molecular complexity index is 606. The first kappa shape index (κ1) is 15.7. The average Bonchev–Trinajstić information content (AvgIpc) is 2.78. The van der Waals surface area contributed by atoms with Crippen molar-refractivity contribution < 1.29 is 9.47 Å². The van der Waals surface area contributed by atoms with E-state index in [1.165, 1.54) is 0 Å². The lowest BCUT2D eigenvalue weighted by atomic mass is 10.2. The molecular weight excluding hydrogens is 334 g/mol. The highest BCUT2D eigenvalue weighted by molar-refractivity contribution is 9.10. The third-order valence-electron chi connectivity index (χ3n) is 3.18. The number of benzene rings is 1. The maximum atomic E-state index is 5.59. The molecule has 0 aliphatic carbocycles. The van der Waals surface area contributed by atoms with E-state index < -0.39 is 0 Å². The monoisotopic (exact) mass is 353 g/mol. The Morgan fingerprint density at radius 2 is 2.10 bits per heavy atom. The predicted octanol–water partition coefficient (Wildman–Crippen LogP) is 3.81. The number of H-pyrrole nitrogens is 1. The first-order chi connectivity index (χ1) is 10.1. The summed E-state index contributed by atoms with van der Waals surface area (Å²) in [6.07, 6.45) is 0. The van der Waals surface area contributed by atoms with E-state index in [9.17, 15) is 0 Å². The van der Waals surface area contributed by atoms with Crippen molar-refractivity contribution in [1.29, 1.82) is 0 Å². The lowest BCUT2D eigenvalue weighted by Crippen LogP contribution is -2.03. The highest BCUT2D eigenvalue weighted by Gasteiger charge is 2.12. The zero-order valence-electron chi connectivity index (χ0n) is 12.7. The second-order valence-electron chi connectivity index (χ2n) is 4.70. The van der Waals surface area contributed by atoms with Crippen LogP contribution in [0.4, 0.5) is 5.69 Å².